The van der Waals surface area contributed by atoms with E-state index in [2.05, 4.69) is 10.4 Å². The van der Waals surface area contributed by atoms with Crippen molar-refractivity contribution in [2.45, 2.75) is 6.54 Å². The third kappa shape index (κ3) is 2.62. The highest BCUT2D eigenvalue weighted by molar-refractivity contribution is 5.44. The maximum absolute atomic E-state index is 13.4. The van der Waals surface area contributed by atoms with Crippen LogP contribution in [0.25, 0.3) is 5.65 Å². The van der Waals surface area contributed by atoms with Crippen molar-refractivity contribution in [3.05, 3.63) is 64.7 Å². The first kappa shape index (κ1) is 13.3. The molecule has 0 unspecified atom stereocenters. The molecule has 108 valence electrons. The molecule has 3 aromatic rings. The van der Waals surface area contributed by atoms with E-state index in [1.54, 1.807) is 24.4 Å². The van der Waals surface area contributed by atoms with Gasteiger partial charge in [-0.3, -0.25) is 4.40 Å². The van der Waals surface area contributed by atoms with Crippen LogP contribution in [0.4, 0.5) is 14.5 Å². The average Bonchev–Trinajstić information content (AvgIpc) is 2.80. The van der Waals surface area contributed by atoms with Crippen LogP contribution in [-0.4, -0.2) is 20.7 Å². The first-order valence-electron chi connectivity index (χ1n) is 6.38. The molecule has 0 saturated heterocycles. The maximum atomic E-state index is 13.4. The highest BCUT2D eigenvalue weighted by Crippen LogP contribution is 2.14. The summed E-state index contributed by atoms with van der Waals surface area (Å²) in [5.41, 5.74) is 0.332. The van der Waals surface area contributed by atoms with Gasteiger partial charge >= 0.3 is 5.69 Å². The Hall–Kier alpha value is -2.70. The third-order valence-electron chi connectivity index (χ3n) is 3.06. The summed E-state index contributed by atoms with van der Waals surface area (Å²) in [6, 6.07) is 8.41. The summed E-state index contributed by atoms with van der Waals surface area (Å²) < 4.78 is 29.1. The fourth-order valence-corrected chi connectivity index (χ4v) is 2.04. The number of halogens is 2. The number of aromatic nitrogens is 3. The molecule has 1 N–H and O–H groups in total. The van der Waals surface area contributed by atoms with Crippen LogP contribution in [0.15, 0.2) is 47.4 Å². The molecule has 0 radical (unpaired) electrons. The second kappa shape index (κ2) is 5.35. The number of nitrogens with zero attached hydrogens (tertiary/aromatic N) is 3. The van der Waals surface area contributed by atoms with Crippen molar-refractivity contribution < 1.29 is 8.78 Å². The molecule has 0 atom stereocenters. The van der Waals surface area contributed by atoms with E-state index >= 15 is 0 Å². The predicted molar refractivity (Wildman–Crippen MR) is 74.3 cm³/mol. The van der Waals surface area contributed by atoms with E-state index in [0.29, 0.717) is 5.65 Å². The molecule has 0 amide bonds. The lowest BCUT2D eigenvalue weighted by atomic mass is 10.3. The summed E-state index contributed by atoms with van der Waals surface area (Å²) in [5, 5.41) is 6.89. The molecule has 21 heavy (non-hydrogen) atoms. The van der Waals surface area contributed by atoms with Gasteiger partial charge in [-0.25, -0.2) is 18.3 Å². The van der Waals surface area contributed by atoms with Gasteiger partial charge in [0.25, 0.3) is 0 Å². The van der Waals surface area contributed by atoms with Crippen LogP contribution in [0, 0.1) is 11.6 Å². The molecule has 0 spiro atoms. The zero-order valence-electron chi connectivity index (χ0n) is 11.0. The normalized spacial score (nSPS) is 11.0. The smallest absolute Gasteiger partial charge is 0.350 e. The van der Waals surface area contributed by atoms with E-state index in [0.717, 1.165) is 18.2 Å². The van der Waals surface area contributed by atoms with Crippen molar-refractivity contribution in [1.29, 1.82) is 0 Å². The topological polar surface area (TPSA) is 51.3 Å². The van der Waals surface area contributed by atoms with Crippen LogP contribution in [0.2, 0.25) is 0 Å². The highest BCUT2D eigenvalue weighted by atomic mass is 19.1. The second-order valence-corrected chi connectivity index (χ2v) is 4.49. The summed E-state index contributed by atoms with van der Waals surface area (Å²) in [4.78, 5) is 12.0. The standard InChI is InChI=1S/C14H12F2N4O/c15-10-4-5-11(16)12(9-10)17-6-8-20-14(21)19-7-2-1-3-13(19)18-20/h1-5,7,9,17H,6,8H2. The summed E-state index contributed by atoms with van der Waals surface area (Å²) in [5.74, 6) is -1.07. The number of rotatable bonds is 4. The van der Waals surface area contributed by atoms with Crippen molar-refractivity contribution in [3.8, 4) is 0 Å². The first-order valence-corrected chi connectivity index (χ1v) is 6.38. The maximum Gasteiger partial charge on any atom is 0.350 e. The van der Waals surface area contributed by atoms with Crippen LogP contribution in [-0.2, 0) is 6.54 Å². The Kier molecular flexibility index (Phi) is 3.39. The van der Waals surface area contributed by atoms with Crippen LogP contribution < -0.4 is 11.0 Å². The molecular weight excluding hydrogens is 278 g/mol. The molecule has 0 bridgehead atoms. The molecule has 3 rings (SSSR count). The van der Waals surface area contributed by atoms with Gasteiger partial charge in [0, 0.05) is 12.7 Å². The van der Waals surface area contributed by atoms with E-state index < -0.39 is 11.6 Å². The Morgan fingerprint density at radius 3 is 2.86 bits per heavy atom. The molecule has 1 aromatic carbocycles. The van der Waals surface area contributed by atoms with Gasteiger partial charge in [0.1, 0.15) is 11.6 Å². The molecular formula is C14H12F2N4O. The molecule has 0 aliphatic carbocycles. The molecule has 7 heteroatoms. The quantitative estimate of drug-likeness (QED) is 0.798. The molecule has 0 fully saturated rings. The van der Waals surface area contributed by atoms with E-state index in [-0.39, 0.29) is 24.5 Å². The number of benzene rings is 1. The summed E-state index contributed by atoms with van der Waals surface area (Å²) in [6.07, 6.45) is 1.63. The van der Waals surface area contributed by atoms with Gasteiger partial charge in [-0.1, -0.05) is 6.07 Å². The molecule has 5 nitrogen and oxygen atoms in total. The number of nitrogens with one attached hydrogen (secondary N) is 1. The van der Waals surface area contributed by atoms with Gasteiger partial charge in [0.15, 0.2) is 5.65 Å². The van der Waals surface area contributed by atoms with Crippen LogP contribution in [0.5, 0.6) is 0 Å². The molecule has 2 aromatic heterocycles. The number of fused-ring (bicyclic) bond motifs is 1. The van der Waals surface area contributed by atoms with Gasteiger partial charge in [-0.15, -0.1) is 5.10 Å². The van der Waals surface area contributed by atoms with Crippen molar-refractivity contribution >= 4 is 11.3 Å². The van der Waals surface area contributed by atoms with Crippen molar-refractivity contribution in [3.63, 3.8) is 0 Å². The third-order valence-corrected chi connectivity index (χ3v) is 3.06. The zero-order chi connectivity index (χ0) is 14.8. The lowest BCUT2D eigenvalue weighted by Gasteiger charge is -2.06. The fraction of sp³-hybridized carbons (Fsp3) is 0.143. The predicted octanol–water partition coefficient (Wildman–Crippen LogP) is 1.89. The Bertz CT molecular complexity index is 840. The second-order valence-electron chi connectivity index (χ2n) is 4.49. The van der Waals surface area contributed by atoms with Gasteiger partial charge < -0.3 is 5.32 Å². The van der Waals surface area contributed by atoms with Crippen molar-refractivity contribution in [1.82, 2.24) is 14.2 Å². The number of pyridine rings is 1. The minimum Gasteiger partial charge on any atom is -0.381 e. The largest absolute Gasteiger partial charge is 0.381 e. The average molecular weight is 290 g/mol. The van der Waals surface area contributed by atoms with E-state index in [4.69, 9.17) is 0 Å². The number of anilines is 1. The van der Waals surface area contributed by atoms with E-state index in [9.17, 15) is 13.6 Å². The summed E-state index contributed by atoms with van der Waals surface area (Å²) in [7, 11) is 0. The minimum atomic E-state index is -0.543. The Balaban J connectivity index is 1.74. The van der Waals surface area contributed by atoms with Gasteiger partial charge in [0.05, 0.1) is 12.2 Å². The highest BCUT2D eigenvalue weighted by Gasteiger charge is 2.06. The molecule has 2 heterocycles. The summed E-state index contributed by atoms with van der Waals surface area (Å²) in [6.45, 7) is 0.501. The Morgan fingerprint density at radius 2 is 2.05 bits per heavy atom. The van der Waals surface area contributed by atoms with E-state index in [1.165, 1.54) is 9.08 Å². The minimum absolute atomic E-state index is 0.0619. The number of hydrogen-bond acceptors (Lipinski definition) is 3. The Labute approximate surface area is 118 Å². The van der Waals surface area contributed by atoms with Crippen LogP contribution >= 0.6 is 0 Å². The fourth-order valence-electron chi connectivity index (χ4n) is 2.04. The monoisotopic (exact) mass is 290 g/mol. The van der Waals surface area contributed by atoms with Crippen molar-refractivity contribution in [2.24, 2.45) is 0 Å². The van der Waals surface area contributed by atoms with Gasteiger partial charge in [-0.05, 0) is 30.3 Å². The molecule has 0 aliphatic heterocycles. The Morgan fingerprint density at radius 1 is 1.19 bits per heavy atom. The zero-order valence-corrected chi connectivity index (χ0v) is 11.0. The SMILES string of the molecule is O=c1n(CCNc2cc(F)ccc2F)nc2ccccn12. The van der Waals surface area contributed by atoms with E-state index in [1.807, 2.05) is 0 Å². The van der Waals surface area contributed by atoms with Crippen LogP contribution in [0.3, 0.4) is 0 Å². The van der Waals surface area contributed by atoms with Gasteiger partial charge in [0.2, 0.25) is 0 Å². The summed E-state index contributed by atoms with van der Waals surface area (Å²) >= 11 is 0. The van der Waals surface area contributed by atoms with Crippen molar-refractivity contribution in [2.75, 3.05) is 11.9 Å². The lowest BCUT2D eigenvalue weighted by molar-refractivity contribution is 0.593. The number of hydrogen-bond donors (Lipinski definition) is 1. The lowest BCUT2D eigenvalue weighted by Crippen LogP contribution is -2.24. The van der Waals surface area contributed by atoms with Crippen LogP contribution in [0.1, 0.15) is 0 Å². The molecule has 0 saturated carbocycles. The van der Waals surface area contributed by atoms with Gasteiger partial charge in [-0.2, -0.15) is 0 Å². The first-order chi connectivity index (χ1) is 10.1. The molecule has 0 aliphatic rings.